The minimum Gasteiger partial charge on any atom is -0.378 e. The summed E-state index contributed by atoms with van der Waals surface area (Å²) < 4.78 is 5.41. The molecular weight excluding hydrogens is 344 g/mol. The first kappa shape index (κ1) is 19.1. The van der Waals surface area contributed by atoms with Gasteiger partial charge in [0.05, 0.1) is 18.9 Å². The first-order valence-corrected chi connectivity index (χ1v) is 10.1. The van der Waals surface area contributed by atoms with Crippen LogP contribution >= 0.6 is 12.2 Å². The van der Waals surface area contributed by atoms with Crippen LogP contribution in [0.15, 0.2) is 29.4 Å². The van der Waals surface area contributed by atoms with Gasteiger partial charge in [0, 0.05) is 24.8 Å². The number of hydrazone groups is 1. The van der Waals surface area contributed by atoms with Crippen LogP contribution in [0.25, 0.3) is 0 Å². The Kier molecular flexibility index (Phi) is 6.86. The van der Waals surface area contributed by atoms with Gasteiger partial charge in [-0.1, -0.05) is 31.9 Å². The van der Waals surface area contributed by atoms with Crippen LogP contribution in [0.4, 0.5) is 5.69 Å². The summed E-state index contributed by atoms with van der Waals surface area (Å²) in [4.78, 5) is 2.35. The lowest BCUT2D eigenvalue weighted by atomic mass is 9.86. The van der Waals surface area contributed by atoms with Crippen molar-refractivity contribution in [2.45, 2.75) is 45.6 Å². The summed E-state index contributed by atoms with van der Waals surface area (Å²) in [6, 6.07) is 9.00. The molecule has 5 nitrogen and oxygen atoms in total. The Hall–Kier alpha value is -1.66. The monoisotopic (exact) mass is 374 g/mol. The van der Waals surface area contributed by atoms with Crippen LogP contribution in [0.5, 0.6) is 0 Å². The minimum atomic E-state index is 0.465. The summed E-state index contributed by atoms with van der Waals surface area (Å²) in [5, 5.41) is 8.50. The maximum atomic E-state index is 5.41. The number of hydrogen-bond donors (Lipinski definition) is 2. The highest BCUT2D eigenvalue weighted by Crippen LogP contribution is 2.23. The predicted octanol–water partition coefficient (Wildman–Crippen LogP) is 3.29. The van der Waals surface area contributed by atoms with Gasteiger partial charge in [-0.05, 0) is 55.6 Å². The Morgan fingerprint density at radius 2 is 1.85 bits per heavy atom. The second kappa shape index (κ2) is 9.33. The smallest absolute Gasteiger partial charge is 0.187 e. The maximum Gasteiger partial charge on any atom is 0.187 e. The summed E-state index contributed by atoms with van der Waals surface area (Å²) in [7, 11) is 0. The van der Waals surface area contributed by atoms with Gasteiger partial charge in [-0.15, -0.1) is 0 Å². The highest BCUT2D eigenvalue weighted by molar-refractivity contribution is 7.80. The number of nitrogens with zero attached hydrogens (tertiary/aromatic N) is 2. The van der Waals surface area contributed by atoms with Gasteiger partial charge < -0.3 is 15.0 Å². The largest absolute Gasteiger partial charge is 0.378 e. The van der Waals surface area contributed by atoms with Crippen molar-refractivity contribution >= 4 is 28.7 Å². The zero-order valence-electron chi connectivity index (χ0n) is 15.8. The fourth-order valence-corrected chi connectivity index (χ4v) is 3.86. The molecule has 0 aromatic heterocycles. The standard InChI is InChI=1S/C20H30N4OS/c1-15-5-3-4-6-19(15)21-20(26)23-22-16(2)17-7-9-18(10-8-17)24-11-13-25-14-12-24/h7-10,15,19H,3-6,11-14H2,1-2H3,(H2,21,23,26)/b22-16-/t15-,19+/m1/s1. The Morgan fingerprint density at radius 3 is 2.54 bits per heavy atom. The summed E-state index contributed by atoms with van der Waals surface area (Å²) in [6.45, 7) is 7.81. The third kappa shape index (κ3) is 5.17. The molecule has 2 fully saturated rings. The Balaban J connectivity index is 1.52. The molecule has 26 heavy (non-hydrogen) atoms. The number of nitrogens with one attached hydrogen (secondary N) is 2. The van der Waals surface area contributed by atoms with Crippen LogP contribution in [0.1, 0.15) is 45.1 Å². The lowest BCUT2D eigenvalue weighted by Gasteiger charge is -2.30. The van der Waals surface area contributed by atoms with Crippen LogP contribution in [0.3, 0.4) is 0 Å². The fourth-order valence-electron chi connectivity index (χ4n) is 3.67. The molecule has 0 amide bonds. The van der Waals surface area contributed by atoms with Gasteiger partial charge in [0.2, 0.25) is 0 Å². The predicted molar refractivity (Wildman–Crippen MR) is 112 cm³/mol. The van der Waals surface area contributed by atoms with E-state index in [1.54, 1.807) is 0 Å². The van der Waals surface area contributed by atoms with Crippen molar-refractivity contribution in [2.24, 2.45) is 11.0 Å². The molecule has 1 saturated carbocycles. The molecule has 2 atom stereocenters. The van der Waals surface area contributed by atoms with Gasteiger partial charge in [-0.25, -0.2) is 0 Å². The number of anilines is 1. The lowest BCUT2D eigenvalue weighted by molar-refractivity contribution is 0.122. The van der Waals surface area contributed by atoms with Crippen LogP contribution in [-0.2, 0) is 4.74 Å². The Bertz CT molecular complexity index is 625. The Morgan fingerprint density at radius 1 is 1.15 bits per heavy atom. The van der Waals surface area contributed by atoms with E-state index in [1.807, 2.05) is 6.92 Å². The second-order valence-corrected chi connectivity index (χ2v) is 7.71. The molecule has 0 unspecified atom stereocenters. The summed E-state index contributed by atoms with van der Waals surface area (Å²) in [5.74, 6) is 0.668. The van der Waals surface area contributed by atoms with E-state index in [0.29, 0.717) is 17.1 Å². The van der Waals surface area contributed by atoms with E-state index in [2.05, 4.69) is 51.9 Å². The first-order valence-electron chi connectivity index (χ1n) is 9.67. The number of ether oxygens (including phenoxy) is 1. The molecule has 3 rings (SSSR count). The molecule has 1 saturated heterocycles. The topological polar surface area (TPSA) is 48.9 Å². The fraction of sp³-hybridized carbons (Fsp3) is 0.600. The molecule has 0 radical (unpaired) electrons. The average Bonchev–Trinajstić information content (AvgIpc) is 2.69. The molecule has 142 valence electrons. The highest BCUT2D eigenvalue weighted by atomic mass is 32.1. The molecule has 0 spiro atoms. The summed E-state index contributed by atoms with van der Waals surface area (Å²) in [5.41, 5.74) is 6.28. The lowest BCUT2D eigenvalue weighted by Crippen LogP contribution is -2.44. The second-order valence-electron chi connectivity index (χ2n) is 7.30. The normalized spacial score (nSPS) is 24.2. The minimum absolute atomic E-state index is 0.465. The van der Waals surface area contributed by atoms with Crippen LogP contribution < -0.4 is 15.6 Å². The molecule has 1 heterocycles. The van der Waals surface area contributed by atoms with E-state index in [0.717, 1.165) is 37.6 Å². The van der Waals surface area contributed by atoms with Crippen molar-refractivity contribution < 1.29 is 4.74 Å². The first-order chi connectivity index (χ1) is 12.6. The van der Waals surface area contributed by atoms with Crippen molar-refractivity contribution in [2.75, 3.05) is 31.2 Å². The third-order valence-corrected chi connectivity index (χ3v) is 5.62. The number of benzene rings is 1. The quantitative estimate of drug-likeness (QED) is 0.481. The molecule has 2 aliphatic rings. The van der Waals surface area contributed by atoms with E-state index in [9.17, 15) is 0 Å². The van der Waals surface area contributed by atoms with Gasteiger partial charge >= 0.3 is 0 Å². The van der Waals surface area contributed by atoms with E-state index >= 15 is 0 Å². The molecule has 6 heteroatoms. The van der Waals surface area contributed by atoms with Crippen molar-refractivity contribution in [3.05, 3.63) is 29.8 Å². The number of rotatable bonds is 4. The third-order valence-electron chi connectivity index (χ3n) is 5.41. The van der Waals surface area contributed by atoms with E-state index in [-0.39, 0.29) is 0 Å². The zero-order chi connectivity index (χ0) is 18.4. The molecule has 1 aromatic carbocycles. The molecule has 0 bridgehead atoms. The number of morpholine rings is 1. The maximum absolute atomic E-state index is 5.41. The van der Waals surface area contributed by atoms with Gasteiger partial charge in [-0.3, -0.25) is 5.43 Å². The molecule has 2 N–H and O–H groups in total. The van der Waals surface area contributed by atoms with E-state index < -0.39 is 0 Å². The molecule has 1 aromatic rings. The molecule has 1 aliphatic carbocycles. The van der Waals surface area contributed by atoms with Crippen molar-refractivity contribution in [1.29, 1.82) is 0 Å². The Labute approximate surface area is 162 Å². The summed E-state index contributed by atoms with van der Waals surface area (Å²) in [6.07, 6.45) is 5.08. The highest BCUT2D eigenvalue weighted by Gasteiger charge is 2.21. The SMILES string of the molecule is C/C(=N/NC(=S)N[C@H]1CCCC[C@H]1C)c1ccc(N2CCOCC2)cc1. The van der Waals surface area contributed by atoms with Crippen LogP contribution in [0.2, 0.25) is 0 Å². The van der Waals surface area contributed by atoms with Gasteiger partial charge in [-0.2, -0.15) is 5.10 Å². The number of thiocarbonyl (C=S) groups is 1. The molecule has 1 aliphatic heterocycles. The van der Waals surface area contributed by atoms with Gasteiger partial charge in [0.1, 0.15) is 0 Å². The number of hydrogen-bond acceptors (Lipinski definition) is 4. The average molecular weight is 375 g/mol. The van der Waals surface area contributed by atoms with Gasteiger partial charge in [0.15, 0.2) is 5.11 Å². The summed E-state index contributed by atoms with van der Waals surface area (Å²) >= 11 is 5.41. The van der Waals surface area contributed by atoms with Gasteiger partial charge in [0.25, 0.3) is 0 Å². The van der Waals surface area contributed by atoms with Crippen molar-refractivity contribution in [3.8, 4) is 0 Å². The van der Waals surface area contributed by atoms with Crippen LogP contribution in [0, 0.1) is 5.92 Å². The van der Waals surface area contributed by atoms with Crippen LogP contribution in [-0.4, -0.2) is 43.2 Å². The van der Waals surface area contributed by atoms with E-state index in [4.69, 9.17) is 17.0 Å². The molecular formula is C20H30N4OS. The zero-order valence-corrected chi connectivity index (χ0v) is 16.6. The van der Waals surface area contributed by atoms with E-state index in [1.165, 1.54) is 31.4 Å². The van der Waals surface area contributed by atoms with Crippen molar-refractivity contribution in [1.82, 2.24) is 10.7 Å². The van der Waals surface area contributed by atoms with Crippen molar-refractivity contribution in [3.63, 3.8) is 0 Å².